The van der Waals surface area contributed by atoms with Gasteiger partial charge in [-0.15, -0.1) is 0 Å². The maximum atomic E-state index is 6.91. The third-order valence-electron chi connectivity index (χ3n) is 0.943. The Morgan fingerprint density at radius 1 is 1.67 bits per heavy atom. The lowest BCUT2D eigenvalue weighted by atomic mass is 10.3. The highest BCUT2D eigenvalue weighted by Crippen LogP contribution is 2.03. The van der Waals surface area contributed by atoms with E-state index in [2.05, 4.69) is 27.6 Å². The van der Waals surface area contributed by atoms with Gasteiger partial charge in [-0.1, -0.05) is 0 Å². The number of rotatable bonds is 1. The molecule has 0 saturated carbocycles. The summed E-state index contributed by atoms with van der Waals surface area (Å²) >= 11 is 2.10. The van der Waals surface area contributed by atoms with Crippen molar-refractivity contribution < 1.29 is 0 Å². The summed E-state index contributed by atoms with van der Waals surface area (Å²) in [6, 6.07) is 3.68. The van der Waals surface area contributed by atoms with Crippen molar-refractivity contribution in [3.05, 3.63) is 27.6 Å². The summed E-state index contributed by atoms with van der Waals surface area (Å²) in [4.78, 5) is 3.99. The molecule has 0 fully saturated rings. The van der Waals surface area contributed by atoms with Gasteiger partial charge in [-0.2, -0.15) is 0 Å². The van der Waals surface area contributed by atoms with Crippen LogP contribution in [0.3, 0.4) is 0 Å². The smallest absolute Gasteiger partial charge is 0.110 e. The minimum atomic E-state index is 0.873. The van der Waals surface area contributed by atoms with Crippen molar-refractivity contribution >= 4 is 28.8 Å². The first kappa shape index (κ1) is 6.67. The second kappa shape index (κ2) is 2.91. The molecule has 9 heavy (non-hydrogen) atoms. The van der Waals surface area contributed by atoms with E-state index in [1.165, 1.54) is 6.21 Å². The van der Waals surface area contributed by atoms with Gasteiger partial charge in [0.2, 0.25) is 0 Å². The molecule has 1 aromatic rings. The van der Waals surface area contributed by atoms with Crippen LogP contribution in [0.15, 0.2) is 18.3 Å². The van der Waals surface area contributed by atoms with Gasteiger partial charge in [0.05, 0.1) is 0 Å². The van der Waals surface area contributed by atoms with E-state index in [9.17, 15) is 0 Å². The molecule has 3 heteroatoms. The van der Waals surface area contributed by atoms with E-state index in [-0.39, 0.29) is 0 Å². The van der Waals surface area contributed by atoms with Gasteiger partial charge in [-0.3, -0.25) is 0 Å². The second-order valence-electron chi connectivity index (χ2n) is 1.53. The monoisotopic (exact) mass is 232 g/mol. The first-order valence-electron chi connectivity index (χ1n) is 2.45. The summed E-state index contributed by atoms with van der Waals surface area (Å²) in [7, 11) is 0. The zero-order valence-electron chi connectivity index (χ0n) is 4.63. The summed E-state index contributed by atoms with van der Waals surface area (Å²) in [5.41, 5.74) is 0.873. The fraction of sp³-hybridized carbons (Fsp3) is 0. The molecule has 0 unspecified atom stereocenters. The summed E-state index contributed by atoms with van der Waals surface area (Å²) in [5.74, 6) is 0. The van der Waals surface area contributed by atoms with Gasteiger partial charge in [-0.05, 0) is 34.7 Å². The molecule has 0 amide bonds. The fourth-order valence-corrected chi connectivity index (χ4v) is 1.00. The van der Waals surface area contributed by atoms with Crippen molar-refractivity contribution in [2.75, 3.05) is 0 Å². The maximum absolute atomic E-state index is 6.91. The Morgan fingerprint density at radius 2 is 2.44 bits per heavy atom. The molecule has 46 valence electrons. The summed E-state index contributed by atoms with van der Waals surface area (Å²) in [6.07, 6.45) is 3.02. The highest BCUT2D eigenvalue weighted by atomic mass is 127. The quantitative estimate of drug-likeness (QED) is 0.446. The molecule has 0 atom stereocenters. The highest BCUT2D eigenvalue weighted by Gasteiger charge is 1.91. The van der Waals surface area contributed by atoms with E-state index < -0.39 is 0 Å². The third kappa shape index (κ3) is 1.48. The van der Waals surface area contributed by atoms with Crippen LogP contribution in [0.5, 0.6) is 0 Å². The van der Waals surface area contributed by atoms with E-state index in [0.29, 0.717) is 0 Å². The van der Waals surface area contributed by atoms with Crippen LogP contribution in [-0.2, 0) is 0 Å². The first-order chi connectivity index (χ1) is 4.34. The molecule has 2 nitrogen and oxygen atoms in total. The van der Waals surface area contributed by atoms with Crippen LogP contribution in [0.25, 0.3) is 0 Å². The number of nitrogens with one attached hydrogen (secondary N) is 1. The van der Waals surface area contributed by atoms with Crippen LogP contribution >= 0.6 is 22.6 Å². The van der Waals surface area contributed by atoms with Gasteiger partial charge in [0.1, 0.15) is 3.70 Å². The zero-order valence-corrected chi connectivity index (χ0v) is 6.79. The molecule has 0 bridgehead atoms. The molecule has 1 heterocycles. The van der Waals surface area contributed by atoms with Gasteiger partial charge >= 0.3 is 0 Å². The van der Waals surface area contributed by atoms with Crippen LogP contribution in [0, 0.1) is 9.11 Å². The number of halogens is 1. The van der Waals surface area contributed by atoms with Gasteiger partial charge < -0.3 is 5.41 Å². The average molecular weight is 232 g/mol. The molecular weight excluding hydrogens is 227 g/mol. The SMILES string of the molecule is N=Cc1cccnc1I. The minimum absolute atomic E-state index is 0.873. The predicted molar refractivity (Wildman–Crippen MR) is 44.8 cm³/mol. The maximum Gasteiger partial charge on any atom is 0.110 e. The van der Waals surface area contributed by atoms with Gasteiger partial charge in [-0.25, -0.2) is 4.98 Å². The molecule has 0 aliphatic rings. The Kier molecular flexibility index (Phi) is 2.16. The minimum Gasteiger partial charge on any atom is -0.308 e. The van der Waals surface area contributed by atoms with Crippen LogP contribution in [0.4, 0.5) is 0 Å². The molecule has 1 aromatic heterocycles. The largest absolute Gasteiger partial charge is 0.308 e. The Labute approximate surface area is 67.0 Å². The normalized spacial score (nSPS) is 9.00. The van der Waals surface area contributed by atoms with E-state index in [4.69, 9.17) is 5.41 Å². The number of pyridine rings is 1. The molecule has 0 spiro atoms. The molecular formula is C6H5IN2. The van der Waals surface area contributed by atoms with E-state index in [1.807, 2.05) is 12.1 Å². The molecule has 0 aliphatic carbocycles. The van der Waals surface area contributed by atoms with Crippen LogP contribution < -0.4 is 0 Å². The topological polar surface area (TPSA) is 36.7 Å². The lowest BCUT2D eigenvalue weighted by Gasteiger charge is -1.91. The second-order valence-corrected chi connectivity index (χ2v) is 2.55. The van der Waals surface area contributed by atoms with Crippen molar-refractivity contribution in [2.45, 2.75) is 0 Å². The number of hydrogen-bond donors (Lipinski definition) is 1. The predicted octanol–water partition coefficient (Wildman–Crippen LogP) is 1.68. The van der Waals surface area contributed by atoms with Crippen LogP contribution in [0.2, 0.25) is 0 Å². The summed E-state index contributed by atoms with van der Waals surface area (Å²) < 4.78 is 0.880. The first-order valence-corrected chi connectivity index (χ1v) is 3.53. The van der Waals surface area contributed by atoms with Crippen LogP contribution in [0.1, 0.15) is 5.56 Å². The van der Waals surface area contributed by atoms with Crippen LogP contribution in [-0.4, -0.2) is 11.2 Å². The van der Waals surface area contributed by atoms with Crippen molar-refractivity contribution in [3.63, 3.8) is 0 Å². The Bertz CT molecular complexity index is 222. The molecule has 0 aromatic carbocycles. The molecule has 0 saturated heterocycles. The van der Waals surface area contributed by atoms with Crippen molar-refractivity contribution in [2.24, 2.45) is 0 Å². The van der Waals surface area contributed by atoms with E-state index in [0.717, 1.165) is 9.26 Å². The third-order valence-corrected chi connectivity index (χ3v) is 1.84. The Balaban J connectivity index is 3.15. The lowest BCUT2D eigenvalue weighted by Crippen LogP contribution is -1.86. The average Bonchev–Trinajstić information content (AvgIpc) is 1.89. The van der Waals surface area contributed by atoms with E-state index >= 15 is 0 Å². The standard InChI is InChI=1S/C6H5IN2/c7-6-5(4-8)2-1-3-9-6/h1-4,8H. The van der Waals surface area contributed by atoms with Crippen molar-refractivity contribution in [1.82, 2.24) is 4.98 Å². The van der Waals surface area contributed by atoms with Gasteiger partial charge in [0.25, 0.3) is 0 Å². The molecule has 1 rings (SSSR count). The molecule has 0 radical (unpaired) electrons. The Hall–Kier alpha value is -0.450. The number of nitrogens with zero attached hydrogens (tertiary/aromatic N) is 1. The Morgan fingerprint density at radius 3 is 2.89 bits per heavy atom. The summed E-state index contributed by atoms with van der Waals surface area (Å²) in [5, 5.41) is 6.91. The lowest BCUT2D eigenvalue weighted by molar-refractivity contribution is 1.26. The number of aromatic nitrogens is 1. The fourth-order valence-electron chi connectivity index (χ4n) is 0.506. The molecule has 0 aliphatic heterocycles. The summed E-state index contributed by atoms with van der Waals surface area (Å²) in [6.45, 7) is 0. The molecule has 1 N–H and O–H groups in total. The van der Waals surface area contributed by atoms with Crippen molar-refractivity contribution in [1.29, 1.82) is 5.41 Å². The number of hydrogen-bond acceptors (Lipinski definition) is 2. The zero-order chi connectivity index (χ0) is 6.69. The van der Waals surface area contributed by atoms with Gasteiger partial charge in [0.15, 0.2) is 0 Å². The van der Waals surface area contributed by atoms with E-state index in [1.54, 1.807) is 6.20 Å². The van der Waals surface area contributed by atoms with Crippen molar-refractivity contribution in [3.8, 4) is 0 Å². The highest BCUT2D eigenvalue weighted by molar-refractivity contribution is 14.1. The van der Waals surface area contributed by atoms with Gasteiger partial charge in [0, 0.05) is 18.0 Å².